The second-order valence-electron chi connectivity index (χ2n) is 17.0. The van der Waals surface area contributed by atoms with Crippen LogP contribution in [0.4, 0.5) is 11.4 Å². The Kier molecular flexibility index (Phi) is 8.25. The number of anilines is 2. The van der Waals surface area contributed by atoms with Crippen molar-refractivity contribution in [3.05, 3.63) is 237 Å². The molecule has 0 aliphatic carbocycles. The molecule has 12 aromatic rings. The molecule has 1 aromatic heterocycles. The summed E-state index contributed by atoms with van der Waals surface area (Å²) in [5, 5.41) is 11.3. The van der Waals surface area contributed by atoms with E-state index in [-0.39, 0.29) is 0 Å². The highest BCUT2D eigenvalue weighted by molar-refractivity contribution is 6.11. The highest BCUT2D eigenvalue weighted by Crippen LogP contribution is 2.46. The lowest BCUT2D eigenvalue weighted by molar-refractivity contribution is 1.18. The molecular weight excluding hydrogens is 773 g/mol. The van der Waals surface area contributed by atoms with Crippen molar-refractivity contribution in [1.29, 1.82) is 0 Å². The summed E-state index contributed by atoms with van der Waals surface area (Å²) in [6, 6.07) is 87.1. The second kappa shape index (κ2) is 14.6. The number of hydrogen-bond acceptors (Lipinski definition) is 1. The molecule has 0 saturated carbocycles. The Bertz CT molecular complexity index is 3820. The second-order valence-corrected chi connectivity index (χ2v) is 17.0. The van der Waals surface area contributed by atoms with E-state index >= 15 is 0 Å². The highest BCUT2D eigenvalue weighted by atomic mass is 15.0. The van der Waals surface area contributed by atoms with Crippen LogP contribution in [0.5, 0.6) is 0 Å². The first-order chi connectivity index (χ1) is 31.7. The van der Waals surface area contributed by atoms with Crippen LogP contribution < -0.4 is 5.32 Å². The number of nitrogens with zero attached hydrogens (tertiary/aromatic N) is 1. The maximum Gasteiger partial charge on any atom is 0.0541 e. The van der Waals surface area contributed by atoms with Crippen LogP contribution in [0.3, 0.4) is 0 Å². The molecule has 0 fully saturated rings. The van der Waals surface area contributed by atoms with Crippen molar-refractivity contribution in [2.75, 3.05) is 5.32 Å². The van der Waals surface area contributed by atoms with Gasteiger partial charge in [0.25, 0.3) is 0 Å². The third-order valence-electron chi connectivity index (χ3n) is 13.2. The van der Waals surface area contributed by atoms with E-state index in [1.807, 2.05) is 0 Å². The predicted molar refractivity (Wildman–Crippen MR) is 272 cm³/mol. The molecule has 2 bridgehead atoms. The third kappa shape index (κ3) is 6.03. The molecule has 0 spiro atoms. The van der Waals surface area contributed by atoms with Gasteiger partial charge in [0.15, 0.2) is 0 Å². The first kappa shape index (κ1) is 36.2. The number of aromatic nitrogens is 1. The van der Waals surface area contributed by atoms with E-state index in [2.05, 4.69) is 246 Å². The average Bonchev–Trinajstić information content (AvgIpc) is 3.70. The van der Waals surface area contributed by atoms with Gasteiger partial charge < -0.3 is 9.88 Å². The fraction of sp³-hybridized carbons (Fsp3) is 0. The van der Waals surface area contributed by atoms with Gasteiger partial charge in [0.2, 0.25) is 0 Å². The Morgan fingerprint density at radius 2 is 0.797 bits per heavy atom. The van der Waals surface area contributed by atoms with Crippen molar-refractivity contribution < 1.29 is 0 Å². The molecule has 2 heteroatoms. The molecule has 298 valence electrons. The SMILES string of the molecule is c1ccc(-c2cc(-c3ccc4ccccc4c3)cc(-n3c4ccccc4c4cc(-c5cc6cc(c5)-c5ccccc5-c5cc7ccccc7cc5Nc5ccccc5-6)ccc43)c2)cc1. The van der Waals surface area contributed by atoms with Gasteiger partial charge in [-0.3, -0.25) is 0 Å². The zero-order valence-corrected chi connectivity index (χ0v) is 35.0. The maximum atomic E-state index is 3.91. The maximum absolute atomic E-state index is 3.91. The minimum absolute atomic E-state index is 1.08. The van der Waals surface area contributed by atoms with E-state index in [1.54, 1.807) is 0 Å². The molecule has 0 radical (unpaired) electrons. The van der Waals surface area contributed by atoms with E-state index in [4.69, 9.17) is 0 Å². The number of fused-ring (bicyclic) bond motifs is 13. The molecule has 13 rings (SSSR count). The molecule has 0 atom stereocenters. The van der Waals surface area contributed by atoms with Crippen LogP contribution in [0.1, 0.15) is 0 Å². The largest absolute Gasteiger partial charge is 0.354 e. The summed E-state index contributed by atoms with van der Waals surface area (Å²) in [6.45, 7) is 0. The Balaban J connectivity index is 1.01. The van der Waals surface area contributed by atoms with Crippen molar-refractivity contribution in [2.45, 2.75) is 0 Å². The normalized spacial score (nSPS) is 11.9. The van der Waals surface area contributed by atoms with E-state index in [1.165, 1.54) is 110 Å². The van der Waals surface area contributed by atoms with Gasteiger partial charge in [0.05, 0.1) is 11.0 Å². The van der Waals surface area contributed by atoms with Gasteiger partial charge in [0, 0.05) is 39.0 Å². The number of hydrogen-bond donors (Lipinski definition) is 1. The van der Waals surface area contributed by atoms with E-state index < -0.39 is 0 Å². The van der Waals surface area contributed by atoms with Crippen LogP contribution in [0, 0.1) is 0 Å². The third-order valence-corrected chi connectivity index (χ3v) is 13.2. The fourth-order valence-electron chi connectivity index (χ4n) is 10.1. The molecule has 1 N–H and O–H groups in total. The highest BCUT2D eigenvalue weighted by Gasteiger charge is 2.20. The Morgan fingerprint density at radius 3 is 1.62 bits per heavy atom. The lowest BCUT2D eigenvalue weighted by Gasteiger charge is -2.22. The minimum Gasteiger partial charge on any atom is -0.354 e. The first-order valence-corrected chi connectivity index (χ1v) is 22.1. The summed E-state index contributed by atoms with van der Waals surface area (Å²) < 4.78 is 2.46. The van der Waals surface area contributed by atoms with E-state index in [0.717, 1.165) is 17.1 Å². The lowest BCUT2D eigenvalue weighted by Crippen LogP contribution is -1.99. The molecule has 2 heterocycles. The first-order valence-electron chi connectivity index (χ1n) is 22.1. The van der Waals surface area contributed by atoms with Crippen molar-refractivity contribution in [2.24, 2.45) is 0 Å². The number of nitrogens with one attached hydrogen (secondary N) is 1. The van der Waals surface area contributed by atoms with Gasteiger partial charge in [-0.2, -0.15) is 0 Å². The minimum atomic E-state index is 1.08. The average molecular weight is 813 g/mol. The van der Waals surface area contributed by atoms with Gasteiger partial charge in [-0.15, -0.1) is 0 Å². The van der Waals surface area contributed by atoms with Crippen LogP contribution in [0.2, 0.25) is 0 Å². The van der Waals surface area contributed by atoms with Crippen LogP contribution in [-0.2, 0) is 0 Å². The molecular formula is C62H40N2. The van der Waals surface area contributed by atoms with Crippen LogP contribution >= 0.6 is 0 Å². The molecule has 1 aliphatic heterocycles. The Labute approximate surface area is 372 Å². The Morgan fingerprint density at radius 1 is 0.250 bits per heavy atom. The molecule has 11 aromatic carbocycles. The van der Waals surface area contributed by atoms with Crippen molar-refractivity contribution in [3.8, 4) is 72.4 Å². The summed E-state index contributed by atoms with van der Waals surface area (Å²) in [6.07, 6.45) is 0. The summed E-state index contributed by atoms with van der Waals surface area (Å²) in [5.74, 6) is 0. The molecule has 2 nitrogen and oxygen atoms in total. The van der Waals surface area contributed by atoms with Gasteiger partial charge in [0.1, 0.15) is 0 Å². The topological polar surface area (TPSA) is 17.0 Å². The lowest BCUT2D eigenvalue weighted by atomic mass is 9.87. The summed E-state index contributed by atoms with van der Waals surface area (Å²) in [4.78, 5) is 0. The van der Waals surface area contributed by atoms with Crippen LogP contribution in [0.25, 0.3) is 116 Å². The molecule has 1 aliphatic rings. The van der Waals surface area contributed by atoms with Gasteiger partial charge in [-0.05, 0) is 156 Å². The van der Waals surface area contributed by atoms with Crippen LogP contribution in [0.15, 0.2) is 237 Å². The fourth-order valence-corrected chi connectivity index (χ4v) is 10.1. The number of rotatable bonds is 4. The molecule has 0 saturated heterocycles. The number of benzene rings is 11. The van der Waals surface area contributed by atoms with E-state index in [9.17, 15) is 0 Å². The van der Waals surface area contributed by atoms with Crippen molar-refractivity contribution in [1.82, 2.24) is 4.57 Å². The van der Waals surface area contributed by atoms with Gasteiger partial charge in [-0.25, -0.2) is 0 Å². The van der Waals surface area contributed by atoms with E-state index in [0.29, 0.717) is 0 Å². The van der Waals surface area contributed by atoms with Crippen molar-refractivity contribution in [3.63, 3.8) is 0 Å². The molecule has 64 heavy (non-hydrogen) atoms. The monoisotopic (exact) mass is 812 g/mol. The van der Waals surface area contributed by atoms with Gasteiger partial charge >= 0.3 is 0 Å². The number of para-hydroxylation sites is 2. The molecule has 0 amide bonds. The smallest absolute Gasteiger partial charge is 0.0541 e. The van der Waals surface area contributed by atoms with Gasteiger partial charge in [-0.1, -0.05) is 158 Å². The molecule has 0 unspecified atom stereocenters. The Hall–Kier alpha value is -8.46. The summed E-state index contributed by atoms with van der Waals surface area (Å²) >= 11 is 0. The summed E-state index contributed by atoms with van der Waals surface area (Å²) in [5.41, 5.74) is 20.0. The zero-order valence-electron chi connectivity index (χ0n) is 35.0. The standard InChI is InChI=1S/C62H40N2/c1-2-14-40(15-3-1)48-31-49(45-27-26-41-16-4-5-17-42(41)30-45)36-52(35-48)64-61-25-13-11-23-56(61)58-38-46(28-29-62(58)64)47-32-50-34-51(33-47)54-21-10-12-24-59(54)63-60-39-44-19-7-6-18-43(44)37-57(60)55-22-9-8-20-53(50)55/h1-39,63H. The van der Waals surface area contributed by atoms with Crippen molar-refractivity contribution >= 4 is 54.7 Å². The predicted octanol–water partition coefficient (Wildman–Crippen LogP) is 17.1. The zero-order chi connectivity index (χ0) is 42.1. The van der Waals surface area contributed by atoms with Crippen LogP contribution in [-0.4, -0.2) is 4.57 Å². The quantitative estimate of drug-likeness (QED) is 0.187. The summed E-state index contributed by atoms with van der Waals surface area (Å²) in [7, 11) is 0.